The lowest BCUT2D eigenvalue weighted by Gasteiger charge is -2.12. The van der Waals surface area contributed by atoms with Gasteiger partial charge in [-0.05, 0) is 5.56 Å². The largest absolute Gasteiger partial charge is 0.378 e. The van der Waals surface area contributed by atoms with Crippen molar-refractivity contribution in [1.29, 1.82) is 0 Å². The second kappa shape index (κ2) is 3.60. The van der Waals surface area contributed by atoms with Gasteiger partial charge in [-0.25, -0.2) is 4.31 Å². The normalized spacial score (nSPS) is 18.6. The lowest BCUT2D eigenvalue weighted by Crippen LogP contribution is -2.35. The topological polar surface area (TPSA) is 92.8 Å². The van der Waals surface area contributed by atoms with E-state index in [2.05, 4.69) is 4.40 Å². The maximum Gasteiger partial charge on any atom is 0.349 e. The summed E-state index contributed by atoms with van der Waals surface area (Å²) in [6, 6.07) is 8.75. The number of nitrogens with zero attached hydrogens (tertiary/aromatic N) is 2. The third-order valence-corrected chi connectivity index (χ3v) is 3.39. The first-order valence-electron chi connectivity index (χ1n) is 4.47. The van der Waals surface area contributed by atoms with E-state index in [1.807, 2.05) is 0 Å². The Kier molecular flexibility index (Phi) is 2.39. The molecule has 2 N–H and O–H groups in total. The lowest BCUT2D eigenvalue weighted by molar-refractivity contribution is -0.119. The monoisotopic (exact) mass is 239 g/mol. The summed E-state index contributed by atoms with van der Waals surface area (Å²) in [4.78, 5) is 11.4. The van der Waals surface area contributed by atoms with Crippen LogP contribution in [0.2, 0.25) is 0 Å². The molecule has 6 nitrogen and oxygen atoms in total. The first kappa shape index (κ1) is 10.6. The van der Waals surface area contributed by atoms with Crippen LogP contribution in [-0.2, 0) is 21.5 Å². The average molecular weight is 239 g/mol. The summed E-state index contributed by atoms with van der Waals surface area (Å²) in [6.45, 7) is -0.0494. The van der Waals surface area contributed by atoms with Crippen LogP contribution in [0.1, 0.15) is 5.56 Å². The summed E-state index contributed by atoms with van der Waals surface area (Å²) < 4.78 is 26.6. The Morgan fingerprint density at radius 3 is 2.38 bits per heavy atom. The molecule has 0 radical (unpaired) electrons. The minimum atomic E-state index is -3.94. The van der Waals surface area contributed by atoms with Gasteiger partial charge in [-0.2, -0.15) is 8.42 Å². The van der Waals surface area contributed by atoms with Gasteiger partial charge in [-0.3, -0.25) is 4.79 Å². The molecule has 0 unspecified atom stereocenters. The van der Waals surface area contributed by atoms with Crippen LogP contribution in [0.15, 0.2) is 34.7 Å². The van der Waals surface area contributed by atoms with Crippen LogP contribution in [0.25, 0.3) is 0 Å². The highest BCUT2D eigenvalue weighted by atomic mass is 32.2. The van der Waals surface area contributed by atoms with Crippen molar-refractivity contribution in [2.75, 3.05) is 0 Å². The third-order valence-electron chi connectivity index (χ3n) is 2.11. The van der Waals surface area contributed by atoms with Crippen LogP contribution in [0.4, 0.5) is 0 Å². The van der Waals surface area contributed by atoms with Crippen LogP contribution in [0, 0.1) is 0 Å². The smallest absolute Gasteiger partial charge is 0.349 e. The Bertz CT molecular complexity index is 551. The summed E-state index contributed by atoms with van der Waals surface area (Å²) in [5.74, 6) is -1.26. The van der Waals surface area contributed by atoms with E-state index < -0.39 is 22.0 Å². The van der Waals surface area contributed by atoms with Gasteiger partial charge in [0.1, 0.15) is 0 Å². The molecule has 0 bridgehead atoms. The van der Waals surface area contributed by atoms with E-state index in [4.69, 9.17) is 5.73 Å². The molecule has 16 heavy (non-hydrogen) atoms. The van der Waals surface area contributed by atoms with Gasteiger partial charge in [0.05, 0.1) is 6.54 Å². The number of hydrogen-bond acceptors (Lipinski definition) is 4. The first-order valence-corrected chi connectivity index (χ1v) is 5.87. The van der Waals surface area contributed by atoms with Crippen molar-refractivity contribution in [1.82, 2.24) is 4.31 Å². The van der Waals surface area contributed by atoms with Gasteiger partial charge in [0.2, 0.25) is 5.84 Å². The minimum absolute atomic E-state index is 0.0494. The van der Waals surface area contributed by atoms with E-state index in [-0.39, 0.29) is 6.54 Å². The molecule has 2 rings (SSSR count). The highest BCUT2D eigenvalue weighted by Gasteiger charge is 2.36. The Hall–Kier alpha value is -1.89. The molecule has 1 aliphatic heterocycles. The number of amides is 1. The molecule has 1 amide bonds. The van der Waals surface area contributed by atoms with E-state index in [0.29, 0.717) is 9.87 Å². The summed E-state index contributed by atoms with van der Waals surface area (Å²) in [6.07, 6.45) is 0. The molecule has 0 aliphatic carbocycles. The quantitative estimate of drug-likeness (QED) is 0.762. The number of rotatable bonds is 2. The van der Waals surface area contributed by atoms with Crippen molar-refractivity contribution in [2.24, 2.45) is 10.1 Å². The number of benzene rings is 1. The van der Waals surface area contributed by atoms with Crippen molar-refractivity contribution < 1.29 is 13.2 Å². The highest BCUT2D eigenvalue weighted by Crippen LogP contribution is 2.15. The van der Waals surface area contributed by atoms with Gasteiger partial charge in [0, 0.05) is 0 Å². The summed E-state index contributed by atoms with van der Waals surface area (Å²) >= 11 is 0. The molecular weight excluding hydrogens is 230 g/mol. The van der Waals surface area contributed by atoms with Gasteiger partial charge in [0.25, 0.3) is 0 Å². The van der Waals surface area contributed by atoms with Crippen molar-refractivity contribution in [3.63, 3.8) is 0 Å². The van der Waals surface area contributed by atoms with Gasteiger partial charge in [0.15, 0.2) is 0 Å². The van der Waals surface area contributed by atoms with Gasteiger partial charge >= 0.3 is 16.1 Å². The third kappa shape index (κ3) is 1.76. The molecule has 7 heteroatoms. The van der Waals surface area contributed by atoms with Gasteiger partial charge < -0.3 is 5.73 Å². The molecule has 0 aromatic heterocycles. The van der Waals surface area contributed by atoms with Gasteiger partial charge in [-0.15, -0.1) is 4.40 Å². The van der Waals surface area contributed by atoms with E-state index in [1.54, 1.807) is 30.3 Å². The molecule has 0 fully saturated rings. The van der Waals surface area contributed by atoms with E-state index in [9.17, 15) is 13.2 Å². The lowest BCUT2D eigenvalue weighted by atomic mass is 10.2. The van der Waals surface area contributed by atoms with Crippen molar-refractivity contribution in [3.05, 3.63) is 35.9 Å². The zero-order valence-electron chi connectivity index (χ0n) is 8.20. The highest BCUT2D eigenvalue weighted by molar-refractivity contribution is 7.89. The van der Waals surface area contributed by atoms with Crippen LogP contribution < -0.4 is 5.73 Å². The molecule has 1 aromatic rings. The standard InChI is InChI=1S/C9H9N3O3S/c10-8-9(13)12(16(14,15)11-8)6-7-4-2-1-3-5-7/h1-5H,6H2,(H2,10,11). The fourth-order valence-corrected chi connectivity index (χ4v) is 2.39. The van der Waals surface area contributed by atoms with Crippen LogP contribution >= 0.6 is 0 Å². The second-order valence-electron chi connectivity index (χ2n) is 3.25. The van der Waals surface area contributed by atoms with Gasteiger partial charge in [-0.1, -0.05) is 30.3 Å². The molecule has 0 saturated heterocycles. The van der Waals surface area contributed by atoms with Crippen molar-refractivity contribution in [3.8, 4) is 0 Å². The number of carbonyl (C=O) groups is 1. The molecule has 84 valence electrons. The zero-order chi connectivity index (χ0) is 11.8. The Labute approximate surface area is 92.6 Å². The zero-order valence-corrected chi connectivity index (χ0v) is 9.02. The molecule has 0 atom stereocenters. The van der Waals surface area contributed by atoms with Crippen LogP contribution in [0.5, 0.6) is 0 Å². The fraction of sp³-hybridized carbons (Fsp3) is 0.111. The average Bonchev–Trinajstić information content (AvgIpc) is 2.42. The predicted octanol–water partition coefficient (Wildman–Crippen LogP) is -0.369. The molecule has 1 aliphatic rings. The molecule has 1 heterocycles. The van der Waals surface area contributed by atoms with E-state index in [1.165, 1.54) is 0 Å². The summed E-state index contributed by atoms with van der Waals surface area (Å²) in [7, 11) is -3.94. The minimum Gasteiger partial charge on any atom is -0.378 e. The molecule has 1 aromatic carbocycles. The maximum absolute atomic E-state index is 11.4. The Balaban J connectivity index is 2.28. The first-order chi connectivity index (χ1) is 7.50. The fourth-order valence-electron chi connectivity index (χ4n) is 1.35. The number of amidine groups is 1. The van der Waals surface area contributed by atoms with Crippen molar-refractivity contribution in [2.45, 2.75) is 6.54 Å². The van der Waals surface area contributed by atoms with Crippen molar-refractivity contribution >= 4 is 22.0 Å². The molecule has 0 spiro atoms. The van der Waals surface area contributed by atoms with E-state index in [0.717, 1.165) is 0 Å². The van der Waals surface area contributed by atoms with Crippen LogP contribution in [0.3, 0.4) is 0 Å². The molecule has 0 saturated carbocycles. The summed E-state index contributed by atoms with van der Waals surface area (Å²) in [5.41, 5.74) is 5.88. The Morgan fingerprint density at radius 2 is 1.88 bits per heavy atom. The maximum atomic E-state index is 11.4. The predicted molar refractivity (Wildman–Crippen MR) is 57.5 cm³/mol. The number of hydrogen-bond donors (Lipinski definition) is 1. The molecular formula is C9H9N3O3S. The van der Waals surface area contributed by atoms with E-state index >= 15 is 0 Å². The summed E-state index contributed by atoms with van der Waals surface area (Å²) in [5, 5.41) is 0. The number of nitrogens with two attached hydrogens (primary N) is 1. The Morgan fingerprint density at radius 1 is 1.25 bits per heavy atom. The second-order valence-corrected chi connectivity index (χ2v) is 4.77. The number of carbonyl (C=O) groups excluding carboxylic acids is 1. The SMILES string of the molecule is NC1=NS(=O)(=O)N(Cc2ccccc2)C1=O. The van der Waals surface area contributed by atoms with Crippen LogP contribution in [-0.4, -0.2) is 24.5 Å².